The van der Waals surface area contributed by atoms with Gasteiger partial charge in [0.15, 0.2) is 10.7 Å². The topological polar surface area (TPSA) is 119 Å². The Morgan fingerprint density at radius 3 is 2.29 bits per heavy atom. The molecular formula is C21H19F2N5O5S. The van der Waals surface area contributed by atoms with Gasteiger partial charge in [0, 0.05) is 57.3 Å². The molecule has 0 aliphatic carbocycles. The van der Waals surface area contributed by atoms with Crippen LogP contribution in [0.5, 0.6) is 0 Å². The summed E-state index contributed by atoms with van der Waals surface area (Å²) in [6, 6.07) is 6.83. The molecule has 0 spiro atoms. The van der Waals surface area contributed by atoms with Gasteiger partial charge < -0.3 is 9.47 Å². The molecule has 1 fully saturated rings. The maximum absolute atomic E-state index is 14.0. The molecule has 1 aliphatic heterocycles. The minimum Gasteiger partial charge on any atom is -0.363 e. The van der Waals surface area contributed by atoms with Crippen LogP contribution in [0.3, 0.4) is 0 Å². The van der Waals surface area contributed by atoms with E-state index < -0.39 is 37.3 Å². The standard InChI is InChI=1S/C21H19F2N5O5S/c1-25-8-7-24-21(25)19(29)14-5-6-17(18(13-14)28(30)31)26-9-11-27(12-10-26)34(32,33)20-15(22)3-2-4-16(20)23/h2-8,13H,9-12H2,1H3. The zero-order valence-corrected chi connectivity index (χ0v) is 18.7. The van der Waals surface area contributed by atoms with Gasteiger partial charge in [0.05, 0.1) is 4.92 Å². The Morgan fingerprint density at radius 1 is 1.09 bits per heavy atom. The Bertz CT molecular complexity index is 1360. The number of sulfonamides is 1. The molecule has 178 valence electrons. The molecule has 10 nitrogen and oxygen atoms in total. The summed E-state index contributed by atoms with van der Waals surface area (Å²) in [6.45, 7) is -0.186. The lowest BCUT2D eigenvalue weighted by Gasteiger charge is -2.35. The fraction of sp³-hybridized carbons (Fsp3) is 0.238. The first kappa shape index (κ1) is 23.4. The van der Waals surface area contributed by atoms with Crippen LogP contribution in [0.2, 0.25) is 0 Å². The predicted octanol–water partition coefficient (Wildman–Crippen LogP) is 2.35. The Morgan fingerprint density at radius 2 is 1.74 bits per heavy atom. The highest BCUT2D eigenvalue weighted by molar-refractivity contribution is 7.89. The zero-order valence-electron chi connectivity index (χ0n) is 17.9. The summed E-state index contributed by atoms with van der Waals surface area (Å²) >= 11 is 0. The number of nitro benzene ring substituents is 1. The van der Waals surface area contributed by atoms with Crippen LogP contribution in [-0.2, 0) is 17.1 Å². The highest BCUT2D eigenvalue weighted by Gasteiger charge is 2.34. The number of hydrogen-bond acceptors (Lipinski definition) is 7. The number of carbonyl (C=O) groups is 1. The average molecular weight is 491 g/mol. The highest BCUT2D eigenvalue weighted by Crippen LogP contribution is 2.32. The maximum atomic E-state index is 14.0. The van der Waals surface area contributed by atoms with Gasteiger partial charge in [-0.05, 0) is 24.3 Å². The van der Waals surface area contributed by atoms with Gasteiger partial charge in [-0.1, -0.05) is 6.07 Å². The van der Waals surface area contributed by atoms with E-state index in [1.165, 1.54) is 22.9 Å². The number of benzene rings is 2. The minimum atomic E-state index is -4.43. The van der Waals surface area contributed by atoms with Gasteiger partial charge in [-0.2, -0.15) is 4.31 Å². The Balaban J connectivity index is 1.57. The second-order valence-electron chi connectivity index (χ2n) is 7.59. The molecule has 0 unspecified atom stereocenters. The van der Waals surface area contributed by atoms with Crippen LogP contribution in [0.1, 0.15) is 16.2 Å². The molecule has 13 heteroatoms. The average Bonchev–Trinajstić information content (AvgIpc) is 3.23. The summed E-state index contributed by atoms with van der Waals surface area (Å²) in [7, 11) is -2.81. The molecule has 34 heavy (non-hydrogen) atoms. The van der Waals surface area contributed by atoms with Crippen molar-refractivity contribution in [2.75, 3.05) is 31.1 Å². The lowest BCUT2D eigenvalue weighted by atomic mass is 10.1. The number of imidazole rings is 1. The molecule has 0 N–H and O–H groups in total. The number of hydrogen-bond donors (Lipinski definition) is 0. The van der Waals surface area contributed by atoms with Crippen LogP contribution in [0, 0.1) is 21.7 Å². The van der Waals surface area contributed by atoms with Crippen LogP contribution in [-0.4, -0.2) is 59.2 Å². The third-order valence-corrected chi connectivity index (χ3v) is 7.51. The molecule has 4 rings (SSSR count). The minimum absolute atomic E-state index is 0.0444. The predicted molar refractivity (Wildman–Crippen MR) is 117 cm³/mol. The van der Waals surface area contributed by atoms with E-state index in [1.54, 1.807) is 18.1 Å². The van der Waals surface area contributed by atoms with Gasteiger partial charge in [0.1, 0.15) is 17.3 Å². The van der Waals surface area contributed by atoms with E-state index in [0.29, 0.717) is 0 Å². The van der Waals surface area contributed by atoms with Crippen molar-refractivity contribution in [1.29, 1.82) is 0 Å². The van der Waals surface area contributed by atoms with Gasteiger partial charge in [-0.3, -0.25) is 14.9 Å². The summed E-state index contributed by atoms with van der Waals surface area (Å²) in [5, 5.41) is 11.7. The number of piperazine rings is 1. The van der Waals surface area contributed by atoms with Crippen molar-refractivity contribution in [3.8, 4) is 0 Å². The van der Waals surface area contributed by atoms with Crippen molar-refractivity contribution < 1.29 is 26.9 Å². The van der Waals surface area contributed by atoms with Crippen molar-refractivity contribution in [1.82, 2.24) is 13.9 Å². The number of rotatable bonds is 6. The smallest absolute Gasteiger partial charge is 0.293 e. The quantitative estimate of drug-likeness (QED) is 0.295. The van der Waals surface area contributed by atoms with Gasteiger partial charge >= 0.3 is 0 Å². The van der Waals surface area contributed by atoms with Crippen LogP contribution >= 0.6 is 0 Å². The molecule has 2 heterocycles. The molecule has 0 saturated carbocycles. The lowest BCUT2D eigenvalue weighted by Crippen LogP contribution is -2.49. The fourth-order valence-corrected chi connectivity index (χ4v) is 5.35. The van der Waals surface area contributed by atoms with Crippen molar-refractivity contribution >= 4 is 27.2 Å². The number of halogens is 2. The molecule has 0 amide bonds. The van der Waals surface area contributed by atoms with E-state index in [0.717, 1.165) is 28.6 Å². The second-order valence-corrected chi connectivity index (χ2v) is 9.47. The second kappa shape index (κ2) is 8.91. The van der Waals surface area contributed by atoms with Crippen molar-refractivity contribution in [2.24, 2.45) is 7.05 Å². The number of anilines is 1. The monoisotopic (exact) mass is 491 g/mol. The van der Waals surface area contributed by atoms with Crippen LogP contribution < -0.4 is 4.90 Å². The van der Waals surface area contributed by atoms with E-state index in [9.17, 15) is 32.1 Å². The van der Waals surface area contributed by atoms with E-state index >= 15 is 0 Å². The first-order chi connectivity index (χ1) is 16.1. The third kappa shape index (κ3) is 4.15. The van der Waals surface area contributed by atoms with E-state index in [1.807, 2.05) is 0 Å². The molecule has 1 saturated heterocycles. The maximum Gasteiger partial charge on any atom is 0.293 e. The van der Waals surface area contributed by atoms with E-state index in [-0.39, 0.29) is 48.9 Å². The summed E-state index contributed by atoms with van der Waals surface area (Å²) in [6.07, 6.45) is 3.02. The van der Waals surface area contributed by atoms with E-state index in [2.05, 4.69) is 4.98 Å². The molecule has 0 bridgehead atoms. The molecule has 2 aromatic carbocycles. The van der Waals surface area contributed by atoms with Crippen molar-refractivity contribution in [3.63, 3.8) is 0 Å². The van der Waals surface area contributed by atoms with Gasteiger partial charge in [0.25, 0.3) is 5.69 Å². The molecule has 1 aliphatic rings. The summed E-state index contributed by atoms with van der Waals surface area (Å²) in [5.74, 6) is -2.73. The largest absolute Gasteiger partial charge is 0.363 e. The Kier molecular flexibility index (Phi) is 6.15. The molecule has 0 atom stereocenters. The third-order valence-electron chi connectivity index (χ3n) is 5.55. The van der Waals surface area contributed by atoms with Gasteiger partial charge in [-0.15, -0.1) is 0 Å². The zero-order chi connectivity index (χ0) is 24.6. The van der Waals surface area contributed by atoms with Crippen LogP contribution in [0.25, 0.3) is 0 Å². The molecular weight excluding hydrogens is 472 g/mol. The Labute approximate surface area is 193 Å². The van der Waals surface area contributed by atoms with Crippen LogP contribution in [0.15, 0.2) is 53.7 Å². The number of nitro groups is 1. The molecule has 3 aromatic rings. The van der Waals surface area contributed by atoms with Gasteiger partial charge in [0.2, 0.25) is 15.8 Å². The number of aryl methyl sites for hydroxylation is 1. The van der Waals surface area contributed by atoms with Gasteiger partial charge in [-0.25, -0.2) is 22.2 Å². The SMILES string of the molecule is Cn1ccnc1C(=O)c1ccc(N2CCN(S(=O)(=O)c3c(F)cccc3F)CC2)c([N+](=O)[O-])c1. The summed E-state index contributed by atoms with van der Waals surface area (Å²) < 4.78 is 56.1. The first-order valence-corrected chi connectivity index (χ1v) is 11.5. The molecule has 0 radical (unpaired) electrons. The van der Waals surface area contributed by atoms with E-state index in [4.69, 9.17) is 0 Å². The number of nitrogens with zero attached hydrogens (tertiary/aromatic N) is 5. The number of aromatic nitrogens is 2. The van der Waals surface area contributed by atoms with Crippen molar-refractivity contribution in [3.05, 3.63) is 81.9 Å². The molecule has 1 aromatic heterocycles. The fourth-order valence-electron chi connectivity index (χ4n) is 3.82. The highest BCUT2D eigenvalue weighted by atomic mass is 32.2. The lowest BCUT2D eigenvalue weighted by molar-refractivity contribution is -0.384. The van der Waals surface area contributed by atoms with Crippen LogP contribution in [0.4, 0.5) is 20.2 Å². The normalized spacial score (nSPS) is 14.9. The summed E-state index contributed by atoms with van der Waals surface area (Å²) in [4.78, 5) is 28.3. The summed E-state index contributed by atoms with van der Waals surface area (Å²) in [5.41, 5.74) is -0.0342. The Hall–Kier alpha value is -3.71. The number of ketones is 1. The first-order valence-electron chi connectivity index (χ1n) is 10.1. The number of carbonyl (C=O) groups excluding carboxylic acids is 1. The van der Waals surface area contributed by atoms with Crippen molar-refractivity contribution in [2.45, 2.75) is 4.90 Å².